The van der Waals surface area contributed by atoms with Crippen molar-refractivity contribution in [2.75, 3.05) is 18.0 Å². The molecule has 2 aromatic heterocycles. The number of carbonyl (C=O) groups is 2. The Morgan fingerprint density at radius 1 is 1.00 bits per heavy atom. The fourth-order valence-corrected chi connectivity index (χ4v) is 4.77. The first kappa shape index (κ1) is 26.9. The van der Waals surface area contributed by atoms with Crippen LogP contribution in [0.1, 0.15) is 23.0 Å². The van der Waals surface area contributed by atoms with Gasteiger partial charge in [0.05, 0.1) is 21.7 Å². The minimum absolute atomic E-state index is 0.0789. The molecule has 0 unspecified atom stereocenters. The Balaban J connectivity index is 1.55. The number of carbonyl (C=O) groups excluding carboxylic acids is 2. The third-order valence-electron chi connectivity index (χ3n) is 5.31. The van der Waals surface area contributed by atoms with Crippen LogP contribution >= 0.6 is 46.1 Å². The predicted molar refractivity (Wildman–Crippen MR) is 148 cm³/mol. The summed E-state index contributed by atoms with van der Waals surface area (Å²) in [5.74, 6) is -0.350. The second kappa shape index (κ2) is 12.4. The van der Waals surface area contributed by atoms with Crippen LogP contribution in [-0.4, -0.2) is 40.0 Å². The van der Waals surface area contributed by atoms with Gasteiger partial charge < -0.3 is 9.64 Å². The van der Waals surface area contributed by atoms with Gasteiger partial charge in [-0.2, -0.15) is 4.98 Å². The van der Waals surface area contributed by atoms with Gasteiger partial charge >= 0.3 is 6.09 Å². The molecule has 37 heavy (non-hydrogen) atoms. The number of ether oxygens (including phenoxy) is 1. The molecule has 0 saturated carbocycles. The van der Waals surface area contributed by atoms with Crippen LogP contribution in [-0.2, 0) is 6.42 Å². The van der Waals surface area contributed by atoms with E-state index < -0.39 is 12.0 Å². The molecule has 7 nitrogen and oxygen atoms in total. The lowest BCUT2D eigenvalue weighted by molar-refractivity contribution is 0.0999. The van der Waals surface area contributed by atoms with Crippen molar-refractivity contribution in [1.29, 1.82) is 0 Å². The highest BCUT2D eigenvalue weighted by Crippen LogP contribution is 2.35. The molecule has 0 radical (unpaired) electrons. The van der Waals surface area contributed by atoms with Crippen molar-refractivity contribution in [2.24, 2.45) is 0 Å². The smallest absolute Gasteiger partial charge is 0.390 e. The number of likely N-dealkylation sites (N-methyl/N-ethyl adjacent to an activating group) is 1. The first-order valence-corrected chi connectivity index (χ1v) is 13.2. The average molecular weight is 576 g/mol. The molecule has 2 amide bonds. The van der Waals surface area contributed by atoms with Crippen molar-refractivity contribution in [2.45, 2.75) is 13.3 Å². The van der Waals surface area contributed by atoms with E-state index in [2.05, 4.69) is 9.97 Å². The first-order valence-electron chi connectivity index (χ1n) is 11.2. The monoisotopic (exact) mass is 574 g/mol. The van der Waals surface area contributed by atoms with Crippen LogP contribution in [0.5, 0.6) is 5.88 Å². The third-order valence-corrected chi connectivity index (χ3v) is 6.91. The second-order valence-electron chi connectivity index (χ2n) is 7.73. The van der Waals surface area contributed by atoms with Crippen molar-refractivity contribution in [3.8, 4) is 5.88 Å². The molecule has 4 aromatic rings. The number of halogens is 3. The van der Waals surface area contributed by atoms with Gasteiger partial charge in [0, 0.05) is 41.4 Å². The van der Waals surface area contributed by atoms with E-state index in [9.17, 15) is 9.59 Å². The molecule has 0 atom stereocenters. The normalized spacial score (nSPS) is 10.7. The third kappa shape index (κ3) is 6.78. The number of amides is 2. The number of thiazole rings is 1. The van der Waals surface area contributed by atoms with E-state index in [1.807, 2.05) is 25.1 Å². The summed E-state index contributed by atoms with van der Waals surface area (Å²) in [5.41, 5.74) is 1.63. The van der Waals surface area contributed by atoms with Gasteiger partial charge in [-0.05, 0) is 61.5 Å². The van der Waals surface area contributed by atoms with Crippen molar-refractivity contribution < 1.29 is 14.3 Å². The lowest BCUT2D eigenvalue weighted by Crippen LogP contribution is -2.35. The van der Waals surface area contributed by atoms with Crippen LogP contribution in [0.2, 0.25) is 15.1 Å². The summed E-state index contributed by atoms with van der Waals surface area (Å²) in [6, 6.07) is 17.0. The zero-order valence-electron chi connectivity index (χ0n) is 19.6. The molecule has 0 saturated heterocycles. The molecule has 11 heteroatoms. The van der Waals surface area contributed by atoms with Gasteiger partial charge in [0.25, 0.3) is 5.91 Å². The van der Waals surface area contributed by atoms with Crippen LogP contribution in [0.15, 0.2) is 72.2 Å². The van der Waals surface area contributed by atoms with Crippen molar-refractivity contribution in [3.63, 3.8) is 0 Å². The number of benzene rings is 2. The number of hydrogen-bond donors (Lipinski definition) is 0. The quantitative estimate of drug-likeness (QED) is 0.217. The van der Waals surface area contributed by atoms with Gasteiger partial charge in [0.1, 0.15) is 0 Å². The molecular formula is C26H21Cl3N4O3S. The molecule has 0 N–H and O–H groups in total. The summed E-state index contributed by atoms with van der Waals surface area (Å²) in [5, 5.41) is 2.98. The molecule has 190 valence electrons. The van der Waals surface area contributed by atoms with Crippen LogP contribution in [0, 0.1) is 0 Å². The Labute approximate surface area is 233 Å². The molecule has 0 bridgehead atoms. The van der Waals surface area contributed by atoms with Gasteiger partial charge in [-0.15, -0.1) is 11.3 Å². The highest BCUT2D eigenvalue weighted by Gasteiger charge is 2.26. The molecule has 0 aliphatic heterocycles. The van der Waals surface area contributed by atoms with E-state index in [1.54, 1.807) is 52.9 Å². The minimum Gasteiger partial charge on any atom is -0.390 e. The summed E-state index contributed by atoms with van der Waals surface area (Å²) < 4.78 is 5.53. The van der Waals surface area contributed by atoms with Gasteiger partial charge in [0.2, 0.25) is 11.0 Å². The Morgan fingerprint density at radius 2 is 1.76 bits per heavy atom. The Bertz CT molecular complexity index is 1380. The van der Waals surface area contributed by atoms with Crippen molar-refractivity contribution in [3.05, 3.63) is 98.6 Å². The maximum absolute atomic E-state index is 13.6. The first-order chi connectivity index (χ1) is 17.9. The number of rotatable bonds is 8. The lowest BCUT2D eigenvalue weighted by atomic mass is 10.2. The number of nitrogens with zero attached hydrogens (tertiary/aromatic N) is 4. The number of anilines is 2. The molecule has 0 aliphatic carbocycles. The number of aromatic nitrogens is 2. The summed E-state index contributed by atoms with van der Waals surface area (Å²) >= 11 is 19.5. The van der Waals surface area contributed by atoms with Gasteiger partial charge in [-0.25, -0.2) is 4.79 Å². The van der Waals surface area contributed by atoms with Gasteiger partial charge in [-0.3, -0.25) is 14.7 Å². The van der Waals surface area contributed by atoms with E-state index >= 15 is 0 Å². The second-order valence-corrected chi connectivity index (χ2v) is 9.84. The maximum Gasteiger partial charge on any atom is 0.416 e. The Morgan fingerprint density at radius 3 is 2.43 bits per heavy atom. The van der Waals surface area contributed by atoms with Crippen molar-refractivity contribution in [1.82, 2.24) is 14.9 Å². The van der Waals surface area contributed by atoms with E-state index in [0.717, 1.165) is 17.0 Å². The fourth-order valence-electron chi connectivity index (χ4n) is 3.42. The number of pyridine rings is 1. The molecule has 0 spiro atoms. The van der Waals surface area contributed by atoms with E-state index in [0.29, 0.717) is 35.2 Å². The Hall–Kier alpha value is -3.17. The number of hydrogen-bond acceptors (Lipinski definition) is 6. The molecule has 2 aromatic carbocycles. The van der Waals surface area contributed by atoms with E-state index in [4.69, 9.17) is 39.5 Å². The largest absolute Gasteiger partial charge is 0.416 e. The van der Waals surface area contributed by atoms with Crippen LogP contribution in [0.3, 0.4) is 0 Å². The average Bonchev–Trinajstić information content (AvgIpc) is 3.34. The molecule has 2 heterocycles. The zero-order chi connectivity index (χ0) is 26.4. The minimum atomic E-state index is -0.541. The van der Waals surface area contributed by atoms with Crippen molar-refractivity contribution >= 4 is 69.0 Å². The summed E-state index contributed by atoms with van der Waals surface area (Å²) in [6.07, 6.45) is 1.76. The van der Waals surface area contributed by atoms with Crippen LogP contribution < -0.4 is 9.64 Å². The van der Waals surface area contributed by atoms with E-state index in [1.165, 1.54) is 11.0 Å². The van der Waals surface area contributed by atoms with E-state index in [-0.39, 0.29) is 21.6 Å². The van der Waals surface area contributed by atoms with Crippen LogP contribution in [0.25, 0.3) is 0 Å². The van der Waals surface area contributed by atoms with Crippen LogP contribution in [0.4, 0.5) is 15.6 Å². The van der Waals surface area contributed by atoms with Gasteiger partial charge in [-0.1, -0.05) is 40.9 Å². The fraction of sp³-hybridized carbons (Fsp3) is 0.154. The SMILES string of the molecule is CCN(CCc1ccccn1)C(=O)Oc1csc(N(C(=O)c2ccc(Cl)cc2Cl)c2ccc(Cl)cc2)n1. The maximum atomic E-state index is 13.6. The highest BCUT2D eigenvalue weighted by atomic mass is 35.5. The summed E-state index contributed by atoms with van der Waals surface area (Å²) in [6.45, 7) is 2.75. The summed E-state index contributed by atoms with van der Waals surface area (Å²) in [7, 11) is 0. The molecule has 4 rings (SSSR count). The topological polar surface area (TPSA) is 75.6 Å². The molecule has 0 aliphatic rings. The predicted octanol–water partition coefficient (Wildman–Crippen LogP) is 7.54. The summed E-state index contributed by atoms with van der Waals surface area (Å²) in [4.78, 5) is 38.0. The lowest BCUT2D eigenvalue weighted by Gasteiger charge is -2.21. The standard InChI is InChI=1S/C26H21Cl3N4O3S/c1-2-32(14-12-19-5-3-4-13-30-19)26(35)36-23-16-37-25(31-23)33(20-9-6-17(27)7-10-20)24(34)21-11-8-18(28)15-22(21)29/h3-11,13,15-16H,2,12,14H2,1H3. The highest BCUT2D eigenvalue weighted by molar-refractivity contribution is 7.14. The Kier molecular flexibility index (Phi) is 9.00. The zero-order valence-corrected chi connectivity index (χ0v) is 22.7. The van der Waals surface area contributed by atoms with Gasteiger partial charge in [0.15, 0.2) is 0 Å². The molecular weight excluding hydrogens is 555 g/mol. The molecule has 0 fully saturated rings.